The Balaban J connectivity index is 1.72. The molecule has 1 aliphatic rings. The van der Waals surface area contributed by atoms with E-state index in [0.717, 1.165) is 19.4 Å². The largest absolute Gasteiger partial charge is 0.349 e. The Hall–Kier alpha value is -2.80. The number of nitrogens with one attached hydrogen (secondary N) is 2. The quantitative estimate of drug-likeness (QED) is 0.742. The lowest BCUT2D eigenvalue weighted by atomic mass is 9.99. The van der Waals surface area contributed by atoms with E-state index in [0.29, 0.717) is 39.7 Å². The Morgan fingerprint density at radius 1 is 1.33 bits per heavy atom. The lowest BCUT2D eigenvalue weighted by Gasteiger charge is -2.28. The topological polar surface area (TPSA) is 80.0 Å². The van der Waals surface area contributed by atoms with Crippen molar-refractivity contribution in [2.75, 3.05) is 6.54 Å². The maximum Gasteiger partial charge on any atom is 0.259 e. The first-order chi connectivity index (χ1) is 13.0. The van der Waals surface area contributed by atoms with Gasteiger partial charge >= 0.3 is 0 Å². The molecule has 1 fully saturated rings. The highest BCUT2D eigenvalue weighted by Gasteiger charge is 2.24. The third kappa shape index (κ3) is 3.55. The summed E-state index contributed by atoms with van der Waals surface area (Å²) in [5, 5.41) is 11.1. The van der Waals surface area contributed by atoms with E-state index in [1.165, 1.54) is 12.1 Å². The molecule has 3 aromatic rings. The van der Waals surface area contributed by atoms with Crippen molar-refractivity contribution in [1.29, 1.82) is 0 Å². The summed E-state index contributed by atoms with van der Waals surface area (Å²) in [7, 11) is 0. The number of fused-ring (bicyclic) bond motifs is 1. The number of amides is 1. The molecule has 0 bridgehead atoms. The highest BCUT2D eigenvalue weighted by molar-refractivity contribution is 6.07. The summed E-state index contributed by atoms with van der Waals surface area (Å²) < 4.78 is 18.5. The molecule has 7 heteroatoms. The summed E-state index contributed by atoms with van der Waals surface area (Å²) in [5.74, 6) is -0.496. The zero-order valence-corrected chi connectivity index (χ0v) is 15.3. The van der Waals surface area contributed by atoms with Gasteiger partial charge < -0.3 is 15.2 Å². The molecule has 0 radical (unpaired) electrons. The number of rotatable bonds is 3. The second kappa shape index (κ2) is 7.08. The minimum atomic E-state index is -0.326. The van der Waals surface area contributed by atoms with E-state index >= 15 is 0 Å². The fourth-order valence-electron chi connectivity index (χ4n) is 3.57. The third-order valence-corrected chi connectivity index (χ3v) is 4.96. The van der Waals surface area contributed by atoms with Crippen molar-refractivity contribution in [2.24, 2.45) is 0 Å². The first-order valence-corrected chi connectivity index (χ1v) is 9.08. The van der Waals surface area contributed by atoms with E-state index in [2.05, 4.69) is 27.7 Å². The van der Waals surface area contributed by atoms with E-state index in [1.54, 1.807) is 25.1 Å². The lowest BCUT2D eigenvalue weighted by molar-refractivity contribution is 0.0927. The molecule has 2 atom stereocenters. The zero-order chi connectivity index (χ0) is 19.0. The van der Waals surface area contributed by atoms with Gasteiger partial charge in [0.25, 0.3) is 11.6 Å². The van der Waals surface area contributed by atoms with Crippen molar-refractivity contribution in [1.82, 2.24) is 20.8 Å². The number of hydrogen-bond donors (Lipinski definition) is 2. The summed E-state index contributed by atoms with van der Waals surface area (Å²) in [6.07, 6.45) is 1.77. The third-order valence-electron chi connectivity index (χ3n) is 4.96. The minimum absolute atomic E-state index is 0.117. The van der Waals surface area contributed by atoms with Gasteiger partial charge in [0, 0.05) is 17.6 Å². The van der Waals surface area contributed by atoms with Gasteiger partial charge in [-0.2, -0.15) is 0 Å². The summed E-state index contributed by atoms with van der Waals surface area (Å²) >= 11 is 0. The monoisotopic (exact) mass is 368 g/mol. The van der Waals surface area contributed by atoms with Crippen LogP contribution in [0.4, 0.5) is 4.39 Å². The van der Waals surface area contributed by atoms with Crippen LogP contribution in [0.15, 0.2) is 34.9 Å². The van der Waals surface area contributed by atoms with Crippen LogP contribution in [0.25, 0.3) is 22.4 Å². The van der Waals surface area contributed by atoms with E-state index in [4.69, 9.17) is 4.52 Å². The SMILES string of the molecule is Cc1noc2nc(-c3ccc(F)cc3)cc(C(=O)NC3CCNC(C)C3)c12. The maximum atomic E-state index is 13.2. The molecule has 2 unspecified atom stereocenters. The molecule has 140 valence electrons. The molecule has 2 N–H and O–H groups in total. The first kappa shape index (κ1) is 17.6. The van der Waals surface area contributed by atoms with Gasteiger partial charge in [0.1, 0.15) is 5.82 Å². The number of aryl methyl sites for hydroxylation is 1. The predicted molar refractivity (Wildman–Crippen MR) is 99.9 cm³/mol. The van der Waals surface area contributed by atoms with Crippen molar-refractivity contribution < 1.29 is 13.7 Å². The molecule has 6 nitrogen and oxygen atoms in total. The standard InChI is InChI=1S/C20H21FN4O2/c1-11-9-15(7-8-22-11)23-19(26)16-10-17(13-3-5-14(21)6-4-13)24-20-18(16)12(2)25-27-20/h3-6,10-11,15,22H,7-9H2,1-2H3,(H,23,26). The van der Waals surface area contributed by atoms with Crippen LogP contribution >= 0.6 is 0 Å². The number of aromatic nitrogens is 2. The molecule has 0 saturated carbocycles. The van der Waals surface area contributed by atoms with Gasteiger partial charge in [0.15, 0.2) is 0 Å². The molecule has 1 aliphatic heterocycles. The lowest BCUT2D eigenvalue weighted by Crippen LogP contribution is -2.46. The van der Waals surface area contributed by atoms with Gasteiger partial charge in [0.05, 0.1) is 22.3 Å². The Morgan fingerprint density at radius 3 is 2.85 bits per heavy atom. The average molecular weight is 368 g/mol. The van der Waals surface area contributed by atoms with Crippen LogP contribution in [0.2, 0.25) is 0 Å². The predicted octanol–water partition coefficient (Wildman–Crippen LogP) is 3.21. The Bertz CT molecular complexity index is 984. The van der Waals surface area contributed by atoms with Crippen molar-refractivity contribution in [3.05, 3.63) is 47.4 Å². The van der Waals surface area contributed by atoms with Gasteiger partial charge in [-0.25, -0.2) is 9.37 Å². The molecule has 1 aromatic carbocycles. The smallest absolute Gasteiger partial charge is 0.259 e. The maximum absolute atomic E-state index is 13.2. The summed E-state index contributed by atoms with van der Waals surface area (Å²) in [4.78, 5) is 17.5. The van der Waals surface area contributed by atoms with E-state index in [9.17, 15) is 9.18 Å². The number of pyridine rings is 1. The fraction of sp³-hybridized carbons (Fsp3) is 0.350. The number of piperidine rings is 1. The van der Waals surface area contributed by atoms with Crippen LogP contribution in [-0.4, -0.2) is 34.7 Å². The van der Waals surface area contributed by atoms with Crippen LogP contribution in [0.1, 0.15) is 35.8 Å². The number of halogens is 1. The summed E-state index contributed by atoms with van der Waals surface area (Å²) in [5.41, 5.74) is 2.65. The van der Waals surface area contributed by atoms with Crippen LogP contribution in [-0.2, 0) is 0 Å². The average Bonchev–Trinajstić information content (AvgIpc) is 3.03. The number of hydrogen-bond acceptors (Lipinski definition) is 5. The molecular formula is C20H21FN4O2. The number of carbonyl (C=O) groups excluding carboxylic acids is 1. The van der Waals surface area contributed by atoms with Crippen molar-refractivity contribution >= 4 is 17.0 Å². The Morgan fingerprint density at radius 2 is 2.11 bits per heavy atom. The Kier molecular flexibility index (Phi) is 4.61. The minimum Gasteiger partial charge on any atom is -0.349 e. The molecule has 1 amide bonds. The first-order valence-electron chi connectivity index (χ1n) is 9.08. The highest BCUT2D eigenvalue weighted by Crippen LogP contribution is 2.27. The van der Waals surface area contributed by atoms with E-state index in [1.807, 2.05) is 0 Å². The van der Waals surface area contributed by atoms with Crippen LogP contribution in [0.3, 0.4) is 0 Å². The second-order valence-electron chi connectivity index (χ2n) is 7.06. The summed E-state index contributed by atoms with van der Waals surface area (Å²) in [6, 6.07) is 8.19. The number of benzene rings is 1. The normalized spacial score (nSPS) is 20.0. The van der Waals surface area contributed by atoms with Crippen LogP contribution < -0.4 is 10.6 Å². The zero-order valence-electron chi connectivity index (χ0n) is 15.3. The van der Waals surface area contributed by atoms with E-state index < -0.39 is 0 Å². The summed E-state index contributed by atoms with van der Waals surface area (Å²) in [6.45, 7) is 4.78. The molecule has 3 heterocycles. The Labute approximate surface area is 156 Å². The van der Waals surface area contributed by atoms with Crippen LogP contribution in [0.5, 0.6) is 0 Å². The molecule has 1 saturated heterocycles. The highest BCUT2D eigenvalue weighted by atomic mass is 19.1. The van der Waals surface area contributed by atoms with E-state index in [-0.39, 0.29) is 17.8 Å². The molecule has 27 heavy (non-hydrogen) atoms. The number of nitrogens with zero attached hydrogens (tertiary/aromatic N) is 2. The molecule has 0 spiro atoms. The van der Waals surface area contributed by atoms with Gasteiger partial charge in [-0.1, -0.05) is 5.16 Å². The van der Waals surface area contributed by atoms with Crippen molar-refractivity contribution in [2.45, 2.75) is 38.8 Å². The van der Waals surface area contributed by atoms with Gasteiger partial charge in [0.2, 0.25) is 0 Å². The van der Waals surface area contributed by atoms with Gasteiger partial charge in [-0.05, 0) is 63.6 Å². The molecule has 0 aliphatic carbocycles. The van der Waals surface area contributed by atoms with Gasteiger partial charge in [-0.15, -0.1) is 0 Å². The van der Waals surface area contributed by atoms with Crippen molar-refractivity contribution in [3.63, 3.8) is 0 Å². The molecule has 2 aromatic heterocycles. The van der Waals surface area contributed by atoms with Crippen LogP contribution in [0, 0.1) is 12.7 Å². The number of carbonyl (C=O) groups is 1. The molecule has 4 rings (SSSR count). The van der Waals surface area contributed by atoms with Gasteiger partial charge in [-0.3, -0.25) is 4.79 Å². The fourth-order valence-corrected chi connectivity index (χ4v) is 3.57. The molecular weight excluding hydrogens is 347 g/mol. The second-order valence-corrected chi connectivity index (χ2v) is 7.06. The van der Waals surface area contributed by atoms with Crippen molar-refractivity contribution in [3.8, 4) is 11.3 Å².